The van der Waals surface area contributed by atoms with E-state index in [0.29, 0.717) is 12.0 Å². The van der Waals surface area contributed by atoms with Crippen LogP contribution in [0, 0.1) is 40.2 Å². The minimum atomic E-state index is -1.76. The maximum Gasteiger partial charge on any atom is 0.407 e. The van der Waals surface area contributed by atoms with Crippen LogP contribution in [0.15, 0.2) is 96.9 Å². The van der Waals surface area contributed by atoms with Crippen LogP contribution in [0.2, 0.25) is 0 Å². The van der Waals surface area contributed by atoms with E-state index < -0.39 is 118 Å². The van der Waals surface area contributed by atoms with Gasteiger partial charge in [-0.2, -0.15) is 4.39 Å². The largest absolute Gasteiger partial charge is 0.491 e. The highest BCUT2D eigenvalue weighted by molar-refractivity contribution is 5.86. The lowest BCUT2D eigenvalue weighted by molar-refractivity contribution is -0.384. The Hall–Kier alpha value is -7.55. The van der Waals surface area contributed by atoms with Gasteiger partial charge in [0.15, 0.2) is 12.2 Å². The number of hydrogen-bond donors (Lipinski definition) is 10. The zero-order valence-corrected chi connectivity index (χ0v) is 51.3. The smallest absolute Gasteiger partial charge is 0.407 e. The van der Waals surface area contributed by atoms with Crippen LogP contribution >= 0.6 is 0 Å². The van der Waals surface area contributed by atoms with Crippen LogP contribution in [-0.4, -0.2) is 135 Å². The van der Waals surface area contributed by atoms with E-state index in [1.807, 2.05) is 43.3 Å². The Balaban J connectivity index is 0.000000580. The third-order valence-electron chi connectivity index (χ3n) is 14.7. The van der Waals surface area contributed by atoms with Crippen molar-refractivity contribution in [1.29, 1.82) is 5.41 Å². The molecule has 3 aromatic rings. The molecule has 3 amide bonds. The number of hydrogen-bond acceptors (Lipinski definition) is 20. The fourth-order valence-electron chi connectivity index (χ4n) is 10.2. The fourth-order valence-corrected chi connectivity index (χ4v) is 10.2. The van der Waals surface area contributed by atoms with Gasteiger partial charge in [0.1, 0.15) is 48.6 Å². The van der Waals surface area contributed by atoms with Gasteiger partial charge in [-0.3, -0.25) is 34.7 Å². The highest BCUT2D eigenvalue weighted by Gasteiger charge is 2.54. The number of carbonyl (C=O) groups is 5. The quantitative estimate of drug-likeness (QED) is 0.00789. The number of nitro groups is 1. The molecule has 0 spiro atoms. The number of alkyl carbamates (subject to hydrolysis) is 1. The number of nitrogens with one attached hydrogen (secondary N) is 5. The molecule has 1 aliphatic carbocycles. The molecule has 1 saturated heterocycles. The van der Waals surface area contributed by atoms with Crippen molar-refractivity contribution >= 4 is 47.2 Å². The highest BCUT2D eigenvalue weighted by atomic mass is 19.1. The van der Waals surface area contributed by atoms with Crippen molar-refractivity contribution in [2.75, 3.05) is 18.9 Å². The molecule has 0 aromatic heterocycles. The number of nitrogens with two attached hydrogens (primary N) is 2. The summed E-state index contributed by atoms with van der Waals surface area (Å²) in [7, 11) is 0. The first-order chi connectivity index (χ1) is 40.8. The molecule has 25 heteroatoms. The lowest BCUT2D eigenvalue weighted by atomic mass is 9.72. The molecule has 24 nitrogen and oxygen atoms in total. The van der Waals surface area contributed by atoms with Crippen LogP contribution in [-0.2, 0) is 67.2 Å². The Kier molecular flexibility index (Phi) is 27.7. The summed E-state index contributed by atoms with van der Waals surface area (Å²) in [6, 6.07) is 15.7. The Labute approximate surface area is 507 Å². The number of anilines is 1. The van der Waals surface area contributed by atoms with Crippen molar-refractivity contribution in [3.8, 4) is 0 Å². The van der Waals surface area contributed by atoms with Gasteiger partial charge in [0, 0.05) is 49.5 Å². The Bertz CT molecular complexity index is 2810. The number of esters is 1. The van der Waals surface area contributed by atoms with Gasteiger partial charge in [0.25, 0.3) is 5.69 Å². The summed E-state index contributed by atoms with van der Waals surface area (Å²) in [6.07, 6.45) is -4.09. The van der Waals surface area contributed by atoms with Crippen LogP contribution in [0.5, 0.6) is 0 Å². The van der Waals surface area contributed by atoms with Crippen LogP contribution in [0.25, 0.3) is 0 Å². The first kappa shape index (κ1) is 71.9. The number of amides is 3. The molecule has 3 aromatic carbocycles. The number of rotatable bonds is 22. The maximum atomic E-state index is 13.6. The number of carbonyl (C=O) groups excluding carboxylic acids is 5. The molecule has 2 fully saturated rings. The van der Waals surface area contributed by atoms with E-state index in [1.54, 1.807) is 52.8 Å². The summed E-state index contributed by atoms with van der Waals surface area (Å²) in [4.78, 5) is 73.9. The molecule has 1 saturated carbocycles. The van der Waals surface area contributed by atoms with E-state index >= 15 is 0 Å². The summed E-state index contributed by atoms with van der Waals surface area (Å²) in [5.41, 5.74) is 14.1. The molecule has 6 rings (SSSR count). The molecule has 12 N–H and O–H groups in total. The van der Waals surface area contributed by atoms with E-state index in [-0.39, 0.29) is 75.3 Å². The van der Waals surface area contributed by atoms with Crippen LogP contribution < -0.4 is 32.7 Å². The van der Waals surface area contributed by atoms with Gasteiger partial charge in [0.2, 0.25) is 11.8 Å². The maximum absolute atomic E-state index is 13.6. The standard InChI is InChI=1S/C45H68FN5O13.C9H10N2O3.C8H11N/c1-10-11-33(53)40(56)50-32-19-31(51-43(58)60-21-27-14-12-23(2)13-15-27)29(18-34-30(49-26(5)52)17-16-28(62-34)20-48-25(4)39(46)55)37(54)38(32)63-42-36(47)35(45(9,59)22-61-42)24(3)41(57)64-44(6,7)8;1-7(10)14-6-8-2-4-9(5-3-8)11(12)13;1-2-7-3-5-8(9)6-4-7/h12-16,24,29-38,42,48,53-54,59H,4,10-11,17-22,47H2,1-3,5-9H3,(H,49,52)(H,50,56)(H,51,58);2-5,10H,6H2,1H3;3-6H,2,9H2,1H3/t24?,29-,30-,31?,32-,33+,34-,35-,36-,37+,38+,42-,45+;;/m1../s1. The summed E-state index contributed by atoms with van der Waals surface area (Å²) in [6.45, 7) is 20.0. The molecule has 0 radical (unpaired) electrons. The normalized spacial score (nSPS) is 24.8. The molecule has 480 valence electrons. The second kappa shape index (κ2) is 33.5. The number of aliphatic hydroxyl groups is 3. The zero-order valence-electron chi connectivity index (χ0n) is 51.3. The van der Waals surface area contributed by atoms with Crippen LogP contribution in [0.3, 0.4) is 0 Å². The second-order valence-corrected chi connectivity index (χ2v) is 23.3. The topological polar surface area (TPSA) is 369 Å². The van der Waals surface area contributed by atoms with Crippen molar-refractivity contribution in [1.82, 2.24) is 21.3 Å². The first-order valence-corrected chi connectivity index (χ1v) is 29.0. The SMILES string of the molecule is C=C(NCC1=CC[C@@H](NC(C)=O)[C@@H](C[C@@H]2C(NC(=O)OCc3ccc(C)cc3)C[C@@H](NC(=O)[C@@H](O)CCC)[C@H](O[C@H]3OC[C@](C)(O)[C@H](C(C)C(=O)OC(C)(C)C)[C@H]3N)[C@H]2O)O1)C(=O)F.CC(=N)OCc1ccc([N+](=O)[O-])cc1.CCc1ccc(N)cc1. The molecule has 2 aliphatic heterocycles. The third-order valence-corrected chi connectivity index (χ3v) is 14.7. The van der Waals surface area contributed by atoms with E-state index in [0.717, 1.165) is 23.2 Å². The number of nitrogen functional groups attached to an aromatic ring is 1. The molecular weight excluding hydrogens is 1130 g/mol. The summed E-state index contributed by atoms with van der Waals surface area (Å²) in [5.74, 6) is -4.27. The molecule has 87 heavy (non-hydrogen) atoms. The number of nitro benzene ring substituents is 1. The summed E-state index contributed by atoms with van der Waals surface area (Å²) >= 11 is 0. The van der Waals surface area contributed by atoms with Crippen LogP contribution in [0.1, 0.15) is 117 Å². The number of aryl methyl sites for hydroxylation is 2. The van der Waals surface area contributed by atoms with E-state index in [1.165, 1.54) is 38.5 Å². The fraction of sp³-hybridized carbons (Fsp3) is 0.548. The Morgan fingerprint density at radius 1 is 0.931 bits per heavy atom. The van der Waals surface area contributed by atoms with Gasteiger partial charge in [0.05, 0.1) is 53.8 Å². The molecule has 13 atom stereocenters. The number of ether oxygens (including phenoxy) is 6. The van der Waals surface area contributed by atoms with Gasteiger partial charge in [-0.15, -0.1) is 0 Å². The number of allylic oxidation sites excluding steroid dienone is 1. The number of aliphatic hydroxyl groups excluding tert-OH is 2. The lowest BCUT2D eigenvalue weighted by Gasteiger charge is -2.51. The van der Waals surface area contributed by atoms with Gasteiger partial charge in [-0.25, -0.2) is 4.79 Å². The monoisotopic (exact) mass is 1220 g/mol. The van der Waals surface area contributed by atoms with E-state index in [4.69, 9.17) is 45.3 Å². The predicted octanol–water partition coefficient (Wildman–Crippen LogP) is 6.14. The van der Waals surface area contributed by atoms with E-state index in [9.17, 15) is 53.8 Å². The lowest BCUT2D eigenvalue weighted by Crippen LogP contribution is -2.68. The summed E-state index contributed by atoms with van der Waals surface area (Å²) in [5, 5.41) is 63.2. The number of halogens is 1. The molecular formula is C62H89FN8O16. The van der Waals surface area contributed by atoms with Gasteiger partial charge >= 0.3 is 18.1 Å². The van der Waals surface area contributed by atoms with Crippen molar-refractivity contribution in [2.45, 2.75) is 187 Å². The molecule has 2 unspecified atom stereocenters. The van der Waals surface area contributed by atoms with Crippen molar-refractivity contribution in [3.63, 3.8) is 0 Å². The molecule has 3 aliphatic rings. The molecule has 0 bridgehead atoms. The average Bonchev–Trinajstić information content (AvgIpc) is 1.18. The zero-order chi connectivity index (χ0) is 64.9. The molecule has 2 heterocycles. The minimum absolute atomic E-state index is 0.0559. The minimum Gasteiger partial charge on any atom is -0.491 e. The summed E-state index contributed by atoms with van der Waals surface area (Å²) < 4.78 is 48.4. The Morgan fingerprint density at radius 3 is 2.08 bits per heavy atom. The van der Waals surface area contributed by atoms with E-state index in [2.05, 4.69) is 46.9 Å². The van der Waals surface area contributed by atoms with Crippen molar-refractivity contribution in [2.24, 2.45) is 23.5 Å². The number of nitrogens with zero attached hydrogens (tertiary/aromatic N) is 1. The second-order valence-electron chi connectivity index (χ2n) is 23.3. The first-order valence-electron chi connectivity index (χ1n) is 29.0. The number of non-ortho nitro benzene ring substituents is 1. The van der Waals surface area contributed by atoms with Crippen molar-refractivity contribution < 1.29 is 77.0 Å². The Morgan fingerprint density at radius 2 is 1.53 bits per heavy atom. The van der Waals surface area contributed by atoms with Crippen LogP contribution in [0.4, 0.5) is 20.6 Å². The number of benzene rings is 3. The highest BCUT2D eigenvalue weighted by Crippen LogP contribution is 2.40. The van der Waals surface area contributed by atoms with Gasteiger partial charge in [-0.1, -0.05) is 75.7 Å². The van der Waals surface area contributed by atoms with Gasteiger partial charge in [-0.05, 0) is 114 Å². The van der Waals surface area contributed by atoms with Gasteiger partial charge < -0.3 is 76.5 Å². The van der Waals surface area contributed by atoms with Crippen molar-refractivity contribution in [3.05, 3.63) is 129 Å². The third kappa shape index (κ3) is 23.2. The predicted molar refractivity (Wildman–Crippen MR) is 322 cm³/mol. The average molecular weight is 1220 g/mol.